The Hall–Kier alpha value is -1.61. The van der Waals surface area contributed by atoms with Gasteiger partial charge in [0, 0.05) is 5.57 Å². The van der Waals surface area contributed by atoms with Crippen molar-refractivity contribution in [2.24, 2.45) is 0 Å². The lowest BCUT2D eigenvalue weighted by molar-refractivity contribution is -0.885. The van der Waals surface area contributed by atoms with Crippen LogP contribution in [0.5, 0.6) is 0 Å². The van der Waals surface area contributed by atoms with Crippen LogP contribution in [0.4, 0.5) is 0 Å². The van der Waals surface area contributed by atoms with E-state index in [1.807, 2.05) is 0 Å². The third-order valence-electron chi connectivity index (χ3n) is 4.25. The predicted octanol–water partition coefficient (Wildman–Crippen LogP) is 4.97. The summed E-state index contributed by atoms with van der Waals surface area (Å²) in [6, 6.07) is 0. The van der Waals surface area contributed by atoms with Crippen LogP contribution in [0.3, 0.4) is 0 Å². The van der Waals surface area contributed by atoms with Crippen LogP contribution >= 0.6 is 0 Å². The van der Waals surface area contributed by atoms with Crippen LogP contribution in [0, 0.1) is 0 Å². The number of likely N-dealkylation sites (N-methyl/N-ethyl adjacent to an activating group) is 1. The number of carbonyl (C=O) groups excluding carboxylic acids is 1. The van der Waals surface area contributed by atoms with Crippen LogP contribution in [0.2, 0.25) is 0 Å². The molecule has 0 fully saturated rings. The number of nitrogens with zero attached hydrogens (tertiary/aromatic N) is 1. The summed E-state index contributed by atoms with van der Waals surface area (Å²) in [7, 11) is 4.38. The summed E-state index contributed by atoms with van der Waals surface area (Å²) in [5.74, 6) is -0.125. The largest absolute Gasteiger partial charge is 0.459 e. The lowest BCUT2D eigenvalue weighted by Crippen LogP contribution is -2.43. The third kappa shape index (κ3) is 10.1. The Morgan fingerprint density at radius 1 is 1.28 bits per heavy atom. The molecule has 0 spiro atoms. The molecule has 0 amide bonds. The van der Waals surface area contributed by atoms with Gasteiger partial charge in [0.2, 0.25) is 0 Å². The van der Waals surface area contributed by atoms with Gasteiger partial charge in [0.1, 0.15) is 19.7 Å². The molecule has 0 atom stereocenters. The summed E-state index contributed by atoms with van der Waals surface area (Å²) < 4.78 is 6.32. The molecule has 0 N–H and O–H groups in total. The third-order valence-corrected chi connectivity index (χ3v) is 4.25. The number of hydrogen-bond acceptors (Lipinski definition) is 2. The smallest absolute Gasteiger partial charge is 0.310 e. The first-order valence-electron chi connectivity index (χ1n) is 9.65. The number of hydrogen-bond donors (Lipinski definition) is 0. The first kappa shape index (κ1) is 21.4. The molecule has 0 aromatic rings. The number of allylic oxidation sites excluding steroid dienone is 5. The Kier molecular flexibility index (Phi) is 10.2. The molecule has 0 aromatic heterocycles. The van der Waals surface area contributed by atoms with Crippen molar-refractivity contribution in [2.75, 3.05) is 33.8 Å². The fraction of sp³-hybridized carbons (Fsp3) is 0.591. The molecule has 0 heterocycles. The number of esters is 1. The second-order valence-corrected chi connectivity index (χ2v) is 7.35. The topological polar surface area (TPSA) is 26.3 Å². The van der Waals surface area contributed by atoms with E-state index in [-0.39, 0.29) is 5.97 Å². The van der Waals surface area contributed by atoms with Crippen molar-refractivity contribution in [3.63, 3.8) is 0 Å². The number of quaternary nitrogens is 1. The van der Waals surface area contributed by atoms with Crippen molar-refractivity contribution in [3.05, 3.63) is 47.6 Å². The monoisotopic (exact) mass is 346 g/mol. The molecule has 0 saturated heterocycles. The van der Waals surface area contributed by atoms with Gasteiger partial charge in [-0.1, -0.05) is 56.7 Å². The highest BCUT2D eigenvalue weighted by molar-refractivity contribution is 5.73. The summed E-state index contributed by atoms with van der Waals surface area (Å²) in [6.07, 6.45) is 18.8. The first-order chi connectivity index (χ1) is 12.0. The number of rotatable bonds is 11. The molecule has 25 heavy (non-hydrogen) atoms. The number of carbonyl (C=O) groups is 1. The Bertz CT molecular complexity index is 524. The van der Waals surface area contributed by atoms with Crippen molar-refractivity contribution in [3.8, 4) is 0 Å². The van der Waals surface area contributed by atoms with E-state index in [2.05, 4.69) is 64.4 Å². The first-order valence-corrected chi connectivity index (χ1v) is 9.65. The molecular formula is C22H36NO2+. The van der Waals surface area contributed by atoms with Gasteiger partial charge >= 0.3 is 5.97 Å². The van der Waals surface area contributed by atoms with Gasteiger partial charge in [0.25, 0.3) is 0 Å². The minimum absolute atomic E-state index is 0.125. The molecule has 1 aliphatic rings. The number of unbranched alkanes of at least 4 members (excludes halogenated alkanes) is 1. The molecule has 0 aliphatic heterocycles. The van der Waals surface area contributed by atoms with Crippen LogP contribution in [0.15, 0.2) is 47.6 Å². The summed E-state index contributed by atoms with van der Waals surface area (Å²) in [5, 5.41) is 0. The molecule has 0 bridgehead atoms. The van der Waals surface area contributed by atoms with E-state index in [9.17, 15) is 4.79 Å². The van der Waals surface area contributed by atoms with Crippen LogP contribution < -0.4 is 0 Å². The molecule has 0 unspecified atom stereocenters. The van der Waals surface area contributed by atoms with E-state index >= 15 is 0 Å². The summed E-state index contributed by atoms with van der Waals surface area (Å²) in [5.41, 5.74) is 2.46. The van der Waals surface area contributed by atoms with Crippen LogP contribution in [0.1, 0.15) is 52.4 Å². The van der Waals surface area contributed by atoms with Gasteiger partial charge < -0.3 is 9.22 Å². The predicted molar refractivity (Wildman–Crippen MR) is 106 cm³/mol. The van der Waals surface area contributed by atoms with Crippen LogP contribution in [0.25, 0.3) is 0 Å². The van der Waals surface area contributed by atoms with E-state index in [1.54, 1.807) is 0 Å². The van der Waals surface area contributed by atoms with Gasteiger partial charge in [-0.2, -0.15) is 0 Å². The normalized spacial score (nSPS) is 15.5. The lowest BCUT2D eigenvalue weighted by Gasteiger charge is -2.30. The van der Waals surface area contributed by atoms with Crippen molar-refractivity contribution in [2.45, 2.75) is 52.4 Å². The highest BCUT2D eigenvalue weighted by Gasteiger charge is 2.18. The highest BCUT2D eigenvalue weighted by atomic mass is 16.5. The minimum Gasteiger partial charge on any atom is -0.459 e. The Morgan fingerprint density at radius 2 is 2.08 bits per heavy atom. The number of ether oxygens (including phenoxy) is 1. The molecule has 3 nitrogen and oxygen atoms in total. The molecule has 1 aliphatic carbocycles. The van der Waals surface area contributed by atoms with E-state index in [1.165, 1.54) is 5.57 Å². The standard InChI is InChI=1S/C22H36NO2/c1-5-7-12-20(13-8-6-2)18-22(24)25-17-16-23(3,4)19-21-14-10-9-11-15-21/h7,10,12-15H,5-6,8-9,11,16-19H2,1-4H3/q+1/b12-7-,20-13+. The molecule has 0 saturated carbocycles. The Labute approximate surface area is 154 Å². The summed E-state index contributed by atoms with van der Waals surface area (Å²) in [6.45, 7) is 6.53. The van der Waals surface area contributed by atoms with Crippen molar-refractivity contribution < 1.29 is 14.0 Å². The maximum Gasteiger partial charge on any atom is 0.310 e. The van der Waals surface area contributed by atoms with Gasteiger partial charge in [-0.15, -0.1) is 0 Å². The van der Waals surface area contributed by atoms with E-state index < -0.39 is 0 Å². The lowest BCUT2D eigenvalue weighted by atomic mass is 10.1. The van der Waals surface area contributed by atoms with E-state index in [0.717, 1.165) is 55.2 Å². The molecule has 1 rings (SSSR count). The van der Waals surface area contributed by atoms with Gasteiger partial charge in [-0.3, -0.25) is 4.79 Å². The van der Waals surface area contributed by atoms with Crippen molar-refractivity contribution in [1.82, 2.24) is 0 Å². The molecule has 3 heteroatoms. The average molecular weight is 347 g/mol. The summed E-state index contributed by atoms with van der Waals surface area (Å²) in [4.78, 5) is 12.1. The molecule has 0 aromatic carbocycles. The SMILES string of the molecule is CC/C=C\C(=C/CCC)CC(=O)OCC[N+](C)(C)CC1=CCCC=C1. The molecular weight excluding hydrogens is 310 g/mol. The van der Waals surface area contributed by atoms with Gasteiger partial charge in [-0.05, 0) is 31.3 Å². The Balaban J connectivity index is 2.40. The van der Waals surface area contributed by atoms with Gasteiger partial charge in [0.05, 0.1) is 20.5 Å². The average Bonchev–Trinajstić information content (AvgIpc) is 2.57. The zero-order valence-corrected chi connectivity index (χ0v) is 16.6. The second kappa shape index (κ2) is 11.9. The fourth-order valence-electron chi connectivity index (χ4n) is 2.78. The van der Waals surface area contributed by atoms with E-state index in [4.69, 9.17) is 4.74 Å². The maximum absolute atomic E-state index is 12.1. The van der Waals surface area contributed by atoms with Crippen molar-refractivity contribution in [1.29, 1.82) is 0 Å². The van der Waals surface area contributed by atoms with Crippen LogP contribution in [-0.4, -0.2) is 44.2 Å². The fourth-order valence-corrected chi connectivity index (χ4v) is 2.78. The quantitative estimate of drug-likeness (QED) is 0.300. The Morgan fingerprint density at radius 3 is 2.72 bits per heavy atom. The minimum atomic E-state index is -0.125. The van der Waals surface area contributed by atoms with Crippen LogP contribution in [-0.2, 0) is 9.53 Å². The summed E-state index contributed by atoms with van der Waals surface area (Å²) >= 11 is 0. The zero-order valence-electron chi connectivity index (χ0n) is 16.6. The second-order valence-electron chi connectivity index (χ2n) is 7.35. The molecule has 0 radical (unpaired) electrons. The zero-order chi connectivity index (χ0) is 18.5. The van der Waals surface area contributed by atoms with Gasteiger partial charge in [-0.25, -0.2) is 0 Å². The molecule has 140 valence electrons. The highest BCUT2D eigenvalue weighted by Crippen LogP contribution is 2.14. The van der Waals surface area contributed by atoms with Crippen molar-refractivity contribution >= 4 is 5.97 Å². The van der Waals surface area contributed by atoms with E-state index in [0.29, 0.717) is 13.0 Å². The maximum atomic E-state index is 12.1. The van der Waals surface area contributed by atoms with Gasteiger partial charge in [0.15, 0.2) is 0 Å².